The van der Waals surface area contributed by atoms with Crippen molar-refractivity contribution in [1.82, 2.24) is 0 Å². The fourth-order valence-electron chi connectivity index (χ4n) is 5.21. The van der Waals surface area contributed by atoms with E-state index in [-0.39, 0.29) is 5.41 Å². The molecule has 0 aromatic heterocycles. The van der Waals surface area contributed by atoms with Crippen LogP contribution in [0.25, 0.3) is 5.70 Å². The molecule has 1 atom stereocenters. The number of benzene rings is 2. The van der Waals surface area contributed by atoms with E-state index in [0.717, 1.165) is 40.6 Å². The normalized spacial score (nSPS) is 21.1. The maximum absolute atomic E-state index is 9.99. The molecule has 30 heavy (non-hydrogen) atoms. The zero-order valence-corrected chi connectivity index (χ0v) is 18.2. The Kier molecular flexibility index (Phi) is 4.65. The van der Waals surface area contributed by atoms with Crippen molar-refractivity contribution in [3.8, 4) is 5.75 Å². The van der Waals surface area contributed by atoms with E-state index in [1.165, 1.54) is 36.8 Å². The van der Waals surface area contributed by atoms with Gasteiger partial charge in [-0.05, 0) is 65.1 Å². The van der Waals surface area contributed by atoms with E-state index in [4.69, 9.17) is 9.98 Å². The SMILES string of the molecule is CC(C)(C)c1cc(O)ccc1C1=CCC(c2ccc3c(c2)N=CC3C2CCCC2)=N1. The monoisotopic (exact) mass is 398 g/mol. The molecule has 2 heterocycles. The van der Waals surface area contributed by atoms with Crippen LogP contribution in [0, 0.1) is 5.92 Å². The number of fused-ring (bicyclic) bond motifs is 1. The lowest BCUT2D eigenvalue weighted by Crippen LogP contribution is -2.13. The summed E-state index contributed by atoms with van der Waals surface area (Å²) < 4.78 is 0. The largest absolute Gasteiger partial charge is 0.508 e. The highest BCUT2D eigenvalue weighted by molar-refractivity contribution is 6.08. The van der Waals surface area contributed by atoms with E-state index in [1.807, 2.05) is 12.1 Å². The molecule has 0 spiro atoms. The Labute approximate surface area is 179 Å². The van der Waals surface area contributed by atoms with Crippen LogP contribution in [0.5, 0.6) is 5.75 Å². The number of phenols is 1. The standard InChI is InChI=1S/C27H30N2O/c1-27(2,3)23-15-19(30)9-11-21(23)25-13-12-24(29-25)18-8-10-20-22(16-28-26(20)14-18)17-6-4-5-7-17/h8-11,13-17,22,30H,4-7,12H2,1-3H3. The Hall–Kier alpha value is -2.68. The van der Waals surface area contributed by atoms with Crippen molar-refractivity contribution in [1.29, 1.82) is 0 Å². The first kappa shape index (κ1) is 19.3. The van der Waals surface area contributed by atoms with Crippen LogP contribution in [0.3, 0.4) is 0 Å². The van der Waals surface area contributed by atoms with Gasteiger partial charge in [0, 0.05) is 24.1 Å². The van der Waals surface area contributed by atoms with E-state index < -0.39 is 0 Å². The number of allylic oxidation sites excluding steroid dienone is 1. The van der Waals surface area contributed by atoms with Crippen molar-refractivity contribution >= 4 is 23.3 Å². The summed E-state index contributed by atoms with van der Waals surface area (Å²) in [6, 6.07) is 12.4. The lowest BCUT2D eigenvalue weighted by Gasteiger charge is -2.23. The molecule has 0 saturated heterocycles. The quantitative estimate of drug-likeness (QED) is 0.599. The Morgan fingerprint density at radius 2 is 1.80 bits per heavy atom. The van der Waals surface area contributed by atoms with Gasteiger partial charge in [0.25, 0.3) is 0 Å². The van der Waals surface area contributed by atoms with Crippen LogP contribution in [0.2, 0.25) is 0 Å². The zero-order valence-electron chi connectivity index (χ0n) is 18.2. The maximum atomic E-state index is 9.99. The first-order chi connectivity index (χ1) is 14.4. The summed E-state index contributed by atoms with van der Waals surface area (Å²) in [4.78, 5) is 9.76. The van der Waals surface area contributed by atoms with Crippen LogP contribution in [-0.2, 0) is 5.41 Å². The number of rotatable bonds is 3. The van der Waals surface area contributed by atoms with Gasteiger partial charge in [0.2, 0.25) is 0 Å². The lowest BCUT2D eigenvalue weighted by atomic mass is 9.83. The predicted octanol–water partition coefficient (Wildman–Crippen LogP) is 6.91. The number of nitrogens with zero attached hydrogens (tertiary/aromatic N) is 2. The highest BCUT2D eigenvalue weighted by atomic mass is 16.3. The Morgan fingerprint density at radius 3 is 2.57 bits per heavy atom. The Morgan fingerprint density at radius 1 is 1.00 bits per heavy atom. The Bertz CT molecular complexity index is 1080. The summed E-state index contributed by atoms with van der Waals surface area (Å²) in [6.45, 7) is 6.51. The molecule has 2 aromatic rings. The molecule has 1 aliphatic carbocycles. The van der Waals surface area contributed by atoms with Gasteiger partial charge >= 0.3 is 0 Å². The minimum absolute atomic E-state index is 0.0648. The summed E-state index contributed by atoms with van der Waals surface area (Å²) in [6.07, 6.45) is 10.6. The predicted molar refractivity (Wildman–Crippen MR) is 125 cm³/mol. The van der Waals surface area contributed by atoms with Gasteiger partial charge in [-0.2, -0.15) is 0 Å². The number of aromatic hydroxyl groups is 1. The molecular weight excluding hydrogens is 368 g/mol. The summed E-state index contributed by atoms with van der Waals surface area (Å²) in [5.74, 6) is 1.57. The fraction of sp³-hybridized carbons (Fsp3) is 0.407. The lowest BCUT2D eigenvalue weighted by molar-refractivity contribution is 0.471. The van der Waals surface area contributed by atoms with E-state index in [9.17, 15) is 5.11 Å². The van der Waals surface area contributed by atoms with Gasteiger partial charge in [-0.1, -0.05) is 51.8 Å². The molecule has 1 fully saturated rings. The highest BCUT2D eigenvalue weighted by Gasteiger charge is 2.30. The third kappa shape index (κ3) is 3.40. The molecule has 2 aromatic carbocycles. The third-order valence-corrected chi connectivity index (χ3v) is 6.84. The summed E-state index contributed by atoms with van der Waals surface area (Å²) >= 11 is 0. The van der Waals surface area contributed by atoms with Gasteiger partial charge in [0.05, 0.1) is 17.1 Å². The highest BCUT2D eigenvalue weighted by Crippen LogP contribution is 2.44. The molecule has 0 bridgehead atoms. The summed E-state index contributed by atoms with van der Waals surface area (Å²) in [7, 11) is 0. The van der Waals surface area contributed by atoms with Crippen LogP contribution in [0.15, 0.2) is 52.5 Å². The molecule has 3 heteroatoms. The minimum Gasteiger partial charge on any atom is -0.508 e. The molecule has 0 radical (unpaired) electrons. The Balaban J connectivity index is 1.43. The van der Waals surface area contributed by atoms with Gasteiger partial charge in [0.15, 0.2) is 0 Å². The van der Waals surface area contributed by atoms with Crippen molar-refractivity contribution in [2.75, 3.05) is 0 Å². The van der Waals surface area contributed by atoms with E-state index in [2.05, 4.69) is 51.3 Å². The average molecular weight is 399 g/mol. The second-order valence-electron chi connectivity index (χ2n) is 9.95. The summed E-state index contributed by atoms with van der Waals surface area (Å²) in [5, 5.41) is 9.99. The van der Waals surface area contributed by atoms with Gasteiger partial charge < -0.3 is 5.11 Å². The molecule has 3 aliphatic rings. The molecule has 2 aliphatic heterocycles. The molecule has 1 N–H and O–H groups in total. The van der Waals surface area contributed by atoms with Gasteiger partial charge in [-0.15, -0.1) is 0 Å². The van der Waals surface area contributed by atoms with Crippen LogP contribution in [0.4, 0.5) is 5.69 Å². The molecule has 3 nitrogen and oxygen atoms in total. The third-order valence-electron chi connectivity index (χ3n) is 6.84. The zero-order chi connectivity index (χ0) is 20.9. The number of aliphatic imine (C=N–C) groups is 2. The average Bonchev–Trinajstić information content (AvgIpc) is 3.46. The van der Waals surface area contributed by atoms with Crippen LogP contribution >= 0.6 is 0 Å². The van der Waals surface area contributed by atoms with Crippen LogP contribution < -0.4 is 0 Å². The van der Waals surface area contributed by atoms with Crippen molar-refractivity contribution in [2.24, 2.45) is 15.9 Å². The van der Waals surface area contributed by atoms with E-state index >= 15 is 0 Å². The van der Waals surface area contributed by atoms with E-state index in [0.29, 0.717) is 11.7 Å². The number of phenolic OH excluding ortho intramolecular Hbond substituents is 1. The smallest absolute Gasteiger partial charge is 0.115 e. The van der Waals surface area contributed by atoms with Crippen molar-refractivity contribution in [3.63, 3.8) is 0 Å². The topological polar surface area (TPSA) is 45.0 Å². The molecule has 1 saturated carbocycles. The molecule has 0 amide bonds. The van der Waals surface area contributed by atoms with Crippen LogP contribution in [0.1, 0.15) is 81.0 Å². The number of hydrogen-bond donors (Lipinski definition) is 1. The maximum Gasteiger partial charge on any atom is 0.115 e. The first-order valence-corrected chi connectivity index (χ1v) is 11.2. The first-order valence-electron chi connectivity index (χ1n) is 11.2. The van der Waals surface area contributed by atoms with Crippen molar-refractivity contribution in [2.45, 2.75) is 64.2 Å². The van der Waals surface area contributed by atoms with Crippen molar-refractivity contribution < 1.29 is 5.11 Å². The minimum atomic E-state index is -0.0648. The van der Waals surface area contributed by atoms with Gasteiger partial charge in [0.1, 0.15) is 5.75 Å². The molecular formula is C27H30N2O. The summed E-state index contributed by atoms with van der Waals surface area (Å²) in [5.41, 5.74) is 7.95. The van der Waals surface area contributed by atoms with Gasteiger partial charge in [-0.3, -0.25) is 9.98 Å². The number of hydrogen-bond acceptors (Lipinski definition) is 3. The molecule has 154 valence electrons. The fourth-order valence-corrected chi connectivity index (χ4v) is 5.21. The second-order valence-corrected chi connectivity index (χ2v) is 9.95. The molecule has 5 rings (SSSR count). The van der Waals surface area contributed by atoms with Crippen LogP contribution in [-0.4, -0.2) is 17.0 Å². The van der Waals surface area contributed by atoms with Gasteiger partial charge in [-0.25, -0.2) is 0 Å². The molecule has 1 unspecified atom stereocenters. The van der Waals surface area contributed by atoms with E-state index in [1.54, 1.807) is 6.07 Å². The van der Waals surface area contributed by atoms with Crippen molar-refractivity contribution in [3.05, 3.63) is 64.7 Å². The second kappa shape index (κ2) is 7.23.